The summed E-state index contributed by atoms with van der Waals surface area (Å²) in [6, 6.07) is 26.4. The van der Waals surface area contributed by atoms with Crippen LogP contribution in [0.25, 0.3) is 0 Å². The van der Waals surface area contributed by atoms with Crippen LogP contribution in [0.2, 0.25) is 0 Å². The quantitative estimate of drug-likeness (QED) is 0.640. The number of aryl methyl sites for hydroxylation is 1. The van der Waals surface area contributed by atoms with Crippen LogP contribution < -0.4 is 9.96 Å². The summed E-state index contributed by atoms with van der Waals surface area (Å²) in [4.78, 5) is 34.1. The molecule has 0 N–H and O–H groups in total. The molecule has 0 radical (unpaired) electrons. The molecule has 2 heterocycles. The fourth-order valence-corrected chi connectivity index (χ4v) is 4.22. The number of imide groups is 1. The Bertz CT molecular complexity index is 1070. The van der Waals surface area contributed by atoms with E-state index in [1.807, 2.05) is 85.8 Å². The monoisotopic (exact) mass is 384 g/mol. The minimum Gasteiger partial charge on any atom is -0.273 e. The number of fused-ring (bicyclic) bond motifs is 1. The van der Waals surface area contributed by atoms with Crippen LogP contribution in [0.4, 0.5) is 11.4 Å². The van der Waals surface area contributed by atoms with Gasteiger partial charge in [-0.2, -0.15) is 0 Å². The topological polar surface area (TPSA) is 49.9 Å². The highest BCUT2D eigenvalue weighted by molar-refractivity contribution is 6.23. The lowest BCUT2D eigenvalue weighted by Crippen LogP contribution is -2.37. The second-order valence-electron chi connectivity index (χ2n) is 7.42. The Hall–Kier alpha value is -3.44. The molecule has 2 aliphatic heterocycles. The predicted molar refractivity (Wildman–Crippen MR) is 110 cm³/mol. The van der Waals surface area contributed by atoms with E-state index < -0.39 is 12.0 Å². The molecule has 3 aromatic carbocycles. The molecule has 0 unspecified atom stereocenters. The standard InChI is InChI=1S/C24H20N2O3/c1-16-9-8-14-19(15-16)25-23(27)20-21(17-10-4-2-5-11-17)26(29-22(20)24(25)28)18-12-6-3-7-13-18/h2-15,20-22H,1H3/t20-,21+,22-/m1/s1. The van der Waals surface area contributed by atoms with Crippen LogP contribution in [-0.2, 0) is 14.4 Å². The molecule has 2 saturated heterocycles. The van der Waals surface area contributed by atoms with Crippen molar-refractivity contribution in [2.24, 2.45) is 5.92 Å². The van der Waals surface area contributed by atoms with E-state index in [0.29, 0.717) is 5.69 Å². The highest BCUT2D eigenvalue weighted by Crippen LogP contribution is 2.47. The average molecular weight is 384 g/mol. The second kappa shape index (κ2) is 6.87. The normalized spacial score (nSPS) is 23.6. The molecule has 0 aromatic heterocycles. The average Bonchev–Trinajstić information content (AvgIpc) is 3.26. The summed E-state index contributed by atoms with van der Waals surface area (Å²) in [5.41, 5.74) is 3.34. The number of nitrogens with zero attached hydrogens (tertiary/aromatic N) is 2. The number of benzene rings is 3. The molecule has 0 aliphatic carbocycles. The highest BCUT2D eigenvalue weighted by atomic mass is 16.7. The van der Waals surface area contributed by atoms with Gasteiger partial charge in [-0.05, 0) is 42.3 Å². The van der Waals surface area contributed by atoms with Crippen molar-refractivity contribution in [3.63, 3.8) is 0 Å². The number of anilines is 2. The van der Waals surface area contributed by atoms with E-state index in [-0.39, 0.29) is 17.9 Å². The largest absolute Gasteiger partial charge is 0.273 e. The van der Waals surface area contributed by atoms with Crippen LogP contribution in [0.5, 0.6) is 0 Å². The Morgan fingerprint density at radius 2 is 1.41 bits per heavy atom. The summed E-state index contributed by atoms with van der Waals surface area (Å²) in [6.45, 7) is 1.94. The maximum Gasteiger partial charge on any atom is 0.266 e. The molecule has 5 heteroatoms. The number of hydrogen-bond acceptors (Lipinski definition) is 4. The first kappa shape index (κ1) is 17.6. The van der Waals surface area contributed by atoms with Crippen molar-refractivity contribution < 1.29 is 14.4 Å². The fraction of sp³-hybridized carbons (Fsp3) is 0.167. The van der Waals surface area contributed by atoms with Crippen molar-refractivity contribution in [3.8, 4) is 0 Å². The molecule has 29 heavy (non-hydrogen) atoms. The number of para-hydroxylation sites is 1. The van der Waals surface area contributed by atoms with Crippen LogP contribution in [0, 0.1) is 12.8 Å². The van der Waals surface area contributed by atoms with Crippen molar-refractivity contribution in [2.75, 3.05) is 9.96 Å². The minimum atomic E-state index is -0.839. The van der Waals surface area contributed by atoms with Gasteiger partial charge in [0.1, 0.15) is 5.92 Å². The first-order valence-electron chi connectivity index (χ1n) is 9.65. The van der Waals surface area contributed by atoms with Gasteiger partial charge >= 0.3 is 0 Å². The lowest BCUT2D eigenvalue weighted by atomic mass is 9.90. The van der Waals surface area contributed by atoms with Crippen LogP contribution in [0.1, 0.15) is 17.2 Å². The van der Waals surface area contributed by atoms with E-state index in [4.69, 9.17) is 4.84 Å². The third-order valence-corrected chi connectivity index (χ3v) is 5.53. The Labute approximate surface area is 169 Å². The van der Waals surface area contributed by atoms with E-state index in [0.717, 1.165) is 16.8 Å². The van der Waals surface area contributed by atoms with Crippen molar-refractivity contribution in [1.82, 2.24) is 0 Å². The Kier molecular flexibility index (Phi) is 4.18. The van der Waals surface area contributed by atoms with Gasteiger partial charge in [-0.3, -0.25) is 14.4 Å². The lowest BCUT2D eigenvalue weighted by molar-refractivity contribution is -0.126. The Morgan fingerprint density at radius 3 is 2.10 bits per heavy atom. The number of rotatable bonds is 3. The molecule has 3 aromatic rings. The number of carbonyl (C=O) groups is 2. The zero-order valence-electron chi connectivity index (χ0n) is 15.9. The summed E-state index contributed by atoms with van der Waals surface area (Å²) in [7, 11) is 0. The summed E-state index contributed by atoms with van der Waals surface area (Å²) in [6.07, 6.45) is -0.839. The van der Waals surface area contributed by atoms with E-state index in [2.05, 4.69) is 0 Å². The SMILES string of the molecule is Cc1cccc(N2C(=O)[C@H]3[C@@H](ON(c4ccccc4)[C@H]3c3ccccc3)C2=O)c1. The molecule has 144 valence electrons. The van der Waals surface area contributed by atoms with Crippen LogP contribution in [-0.4, -0.2) is 17.9 Å². The molecule has 2 fully saturated rings. The molecular formula is C24H20N2O3. The summed E-state index contributed by atoms with van der Waals surface area (Å²) in [5, 5.41) is 1.72. The van der Waals surface area contributed by atoms with Crippen molar-refractivity contribution in [1.29, 1.82) is 0 Å². The molecule has 3 atom stereocenters. The fourth-order valence-electron chi connectivity index (χ4n) is 4.22. The number of amides is 2. The van der Waals surface area contributed by atoms with Crippen LogP contribution in [0.3, 0.4) is 0 Å². The molecule has 2 amide bonds. The molecule has 0 spiro atoms. The highest BCUT2D eigenvalue weighted by Gasteiger charge is 2.60. The van der Waals surface area contributed by atoms with Gasteiger partial charge in [0.15, 0.2) is 6.10 Å². The minimum absolute atomic E-state index is 0.224. The Morgan fingerprint density at radius 1 is 0.759 bits per heavy atom. The first-order valence-corrected chi connectivity index (χ1v) is 9.65. The number of carbonyl (C=O) groups excluding carboxylic acids is 2. The summed E-state index contributed by atoms with van der Waals surface area (Å²) in [5.74, 6) is -1.14. The van der Waals surface area contributed by atoms with Crippen molar-refractivity contribution in [2.45, 2.75) is 19.1 Å². The van der Waals surface area contributed by atoms with E-state index in [1.165, 1.54) is 4.90 Å². The third-order valence-electron chi connectivity index (χ3n) is 5.53. The molecule has 0 bridgehead atoms. The van der Waals surface area contributed by atoms with Gasteiger partial charge in [0.05, 0.1) is 17.4 Å². The number of hydrogen-bond donors (Lipinski definition) is 0. The lowest BCUT2D eigenvalue weighted by Gasteiger charge is -2.28. The van der Waals surface area contributed by atoms with Crippen molar-refractivity contribution >= 4 is 23.2 Å². The molecule has 0 saturated carbocycles. The second-order valence-corrected chi connectivity index (χ2v) is 7.42. The van der Waals surface area contributed by atoms with Crippen molar-refractivity contribution in [3.05, 3.63) is 96.1 Å². The van der Waals surface area contributed by atoms with Gasteiger partial charge < -0.3 is 0 Å². The van der Waals surface area contributed by atoms with Crippen LogP contribution >= 0.6 is 0 Å². The van der Waals surface area contributed by atoms with Gasteiger partial charge in [-0.25, -0.2) is 9.96 Å². The van der Waals surface area contributed by atoms with E-state index in [1.54, 1.807) is 11.1 Å². The van der Waals surface area contributed by atoms with Gasteiger partial charge in [0.25, 0.3) is 5.91 Å². The van der Waals surface area contributed by atoms with Gasteiger partial charge in [0.2, 0.25) is 5.91 Å². The molecular weight excluding hydrogens is 364 g/mol. The van der Waals surface area contributed by atoms with Gasteiger partial charge in [-0.15, -0.1) is 0 Å². The Balaban J connectivity index is 1.59. The first-order chi connectivity index (χ1) is 14.1. The molecule has 5 nitrogen and oxygen atoms in total. The summed E-state index contributed by atoms with van der Waals surface area (Å²) >= 11 is 0. The third kappa shape index (κ3) is 2.82. The maximum absolute atomic E-state index is 13.5. The molecule has 5 rings (SSSR count). The number of hydroxylamine groups is 1. The maximum atomic E-state index is 13.5. The zero-order chi connectivity index (χ0) is 20.0. The molecule has 2 aliphatic rings. The zero-order valence-corrected chi connectivity index (χ0v) is 15.9. The van der Waals surface area contributed by atoms with Crippen LogP contribution in [0.15, 0.2) is 84.9 Å². The smallest absolute Gasteiger partial charge is 0.266 e. The van der Waals surface area contributed by atoms with Gasteiger partial charge in [0, 0.05) is 0 Å². The van der Waals surface area contributed by atoms with E-state index >= 15 is 0 Å². The summed E-state index contributed by atoms with van der Waals surface area (Å²) < 4.78 is 0. The predicted octanol–water partition coefficient (Wildman–Crippen LogP) is 4.05. The van der Waals surface area contributed by atoms with E-state index in [9.17, 15) is 9.59 Å². The van der Waals surface area contributed by atoms with Gasteiger partial charge in [-0.1, -0.05) is 60.7 Å².